The van der Waals surface area contributed by atoms with Crippen molar-refractivity contribution in [2.24, 2.45) is 56.7 Å². The Labute approximate surface area is 283 Å². The van der Waals surface area contributed by atoms with Gasteiger partial charge in [0.15, 0.2) is 0 Å². The van der Waals surface area contributed by atoms with Gasteiger partial charge in [-0.1, -0.05) is 65.0 Å². The standard InChI is InChI=1S/C41H60N2O4/c1-26(2)29-16-21-41(36(46)47-42-24-25-43(8)9)23-22-39(6)31(34(29)41)14-15-33-38(5)19-17-30(27-10-12-28(13-11-27)35(44)45)37(3,4)32(38)18-20-40(33,39)7/h10-13,17,29,31-34,42H,1,14-16,18-25H2,2-9H3,(H,44,45)/t29-,31?,32?,33?,34?,38-,39+,40+,41-/m0/s1. The van der Waals surface area contributed by atoms with Gasteiger partial charge in [-0.2, -0.15) is 5.48 Å². The summed E-state index contributed by atoms with van der Waals surface area (Å²) < 4.78 is 0. The molecular formula is C41H60N2O4. The van der Waals surface area contributed by atoms with Crippen LogP contribution >= 0.6 is 0 Å². The van der Waals surface area contributed by atoms with E-state index in [1.54, 1.807) is 12.1 Å². The Hall–Kier alpha value is -2.44. The predicted molar refractivity (Wildman–Crippen MR) is 188 cm³/mol. The topological polar surface area (TPSA) is 78.9 Å². The van der Waals surface area contributed by atoms with Crippen molar-refractivity contribution in [1.82, 2.24) is 10.4 Å². The van der Waals surface area contributed by atoms with E-state index >= 15 is 0 Å². The van der Waals surface area contributed by atoms with Gasteiger partial charge in [-0.15, -0.1) is 0 Å². The molecule has 0 aromatic heterocycles. The number of hydroxylamine groups is 1. The molecule has 1 aromatic carbocycles. The van der Waals surface area contributed by atoms with E-state index in [-0.39, 0.29) is 33.5 Å². The van der Waals surface area contributed by atoms with Crippen molar-refractivity contribution in [2.75, 3.05) is 27.2 Å². The summed E-state index contributed by atoms with van der Waals surface area (Å²) in [5.74, 6) is 1.38. The molecule has 0 saturated heterocycles. The summed E-state index contributed by atoms with van der Waals surface area (Å²) in [6.45, 7) is 20.9. The minimum atomic E-state index is -0.877. The van der Waals surface area contributed by atoms with Gasteiger partial charge in [0.1, 0.15) is 0 Å². The second-order valence-electron chi connectivity index (χ2n) is 17.9. The molecule has 1 aromatic rings. The summed E-state index contributed by atoms with van der Waals surface area (Å²) in [4.78, 5) is 33.6. The number of allylic oxidation sites excluding steroid dienone is 3. The van der Waals surface area contributed by atoms with Gasteiger partial charge in [-0.05, 0) is 153 Å². The zero-order chi connectivity index (χ0) is 34.2. The van der Waals surface area contributed by atoms with Crippen LogP contribution in [0.1, 0.15) is 115 Å². The Bertz CT molecular complexity index is 1450. The van der Waals surface area contributed by atoms with Crippen molar-refractivity contribution in [1.29, 1.82) is 0 Å². The van der Waals surface area contributed by atoms with E-state index < -0.39 is 11.4 Å². The maximum Gasteiger partial charge on any atom is 0.335 e. The monoisotopic (exact) mass is 644 g/mol. The molecule has 0 bridgehead atoms. The normalized spacial score (nSPS) is 40.4. The first-order valence-electron chi connectivity index (χ1n) is 18.3. The van der Waals surface area contributed by atoms with Crippen molar-refractivity contribution in [3.05, 3.63) is 53.6 Å². The van der Waals surface area contributed by atoms with Crippen molar-refractivity contribution < 1.29 is 19.5 Å². The number of aromatic carboxylic acids is 1. The van der Waals surface area contributed by atoms with E-state index in [2.05, 4.69) is 64.6 Å². The molecule has 0 aliphatic heterocycles. The minimum Gasteiger partial charge on any atom is -0.478 e. The molecular weight excluding hydrogens is 584 g/mol. The lowest BCUT2D eigenvalue weighted by Crippen LogP contribution is -2.66. The summed E-state index contributed by atoms with van der Waals surface area (Å²) in [7, 11) is 4.06. The number of hydrogen-bond donors (Lipinski definition) is 2. The number of carboxylic acid groups (broad SMARTS) is 1. The molecule has 4 unspecified atom stereocenters. The lowest BCUT2D eigenvalue weighted by molar-refractivity contribution is -0.230. The average Bonchev–Trinajstić information content (AvgIpc) is 3.41. The first-order chi connectivity index (χ1) is 22.0. The number of rotatable bonds is 8. The van der Waals surface area contributed by atoms with Gasteiger partial charge in [-0.25, -0.2) is 9.59 Å². The predicted octanol–water partition coefficient (Wildman–Crippen LogP) is 8.65. The second-order valence-corrected chi connectivity index (χ2v) is 17.9. The lowest BCUT2D eigenvalue weighted by Gasteiger charge is -2.72. The fourth-order valence-electron chi connectivity index (χ4n) is 12.9. The summed E-state index contributed by atoms with van der Waals surface area (Å²) >= 11 is 0. The van der Waals surface area contributed by atoms with Crippen LogP contribution in [0.4, 0.5) is 0 Å². The molecule has 6 heteroatoms. The molecule has 5 aliphatic rings. The molecule has 2 N–H and O–H groups in total. The average molecular weight is 645 g/mol. The molecule has 0 spiro atoms. The third-order valence-electron chi connectivity index (χ3n) is 15.3. The Morgan fingerprint density at radius 2 is 1.64 bits per heavy atom. The number of carbonyl (C=O) groups excluding carboxylic acids is 1. The van der Waals surface area contributed by atoms with Gasteiger partial charge in [-0.3, -0.25) is 0 Å². The highest BCUT2D eigenvalue weighted by Crippen LogP contribution is 2.77. The van der Waals surface area contributed by atoms with Crippen LogP contribution in [0.25, 0.3) is 5.57 Å². The largest absolute Gasteiger partial charge is 0.478 e. The first-order valence-corrected chi connectivity index (χ1v) is 18.3. The Kier molecular flexibility index (Phi) is 8.69. The van der Waals surface area contributed by atoms with Crippen molar-refractivity contribution >= 4 is 17.5 Å². The highest BCUT2D eigenvalue weighted by molar-refractivity contribution is 5.88. The smallest absolute Gasteiger partial charge is 0.335 e. The van der Waals surface area contributed by atoms with Crippen molar-refractivity contribution in [3.63, 3.8) is 0 Å². The summed E-state index contributed by atoms with van der Waals surface area (Å²) in [5, 5.41) is 9.46. The van der Waals surface area contributed by atoms with E-state index in [0.717, 1.165) is 44.2 Å². The van der Waals surface area contributed by atoms with Gasteiger partial charge >= 0.3 is 11.9 Å². The maximum absolute atomic E-state index is 14.1. The fourth-order valence-corrected chi connectivity index (χ4v) is 12.9. The summed E-state index contributed by atoms with van der Waals surface area (Å²) in [6.07, 6.45) is 12.3. The minimum absolute atomic E-state index is 0.0155. The molecule has 47 heavy (non-hydrogen) atoms. The van der Waals surface area contributed by atoms with E-state index in [1.807, 2.05) is 26.2 Å². The molecule has 6 nitrogen and oxygen atoms in total. The maximum atomic E-state index is 14.1. The van der Waals surface area contributed by atoms with Crippen LogP contribution < -0.4 is 5.48 Å². The van der Waals surface area contributed by atoms with Gasteiger partial charge in [0.25, 0.3) is 0 Å². The highest BCUT2D eigenvalue weighted by atomic mass is 16.7. The molecule has 5 aliphatic carbocycles. The van der Waals surface area contributed by atoms with E-state index in [9.17, 15) is 14.7 Å². The fraction of sp³-hybridized carbons (Fsp3) is 0.707. The number of benzene rings is 1. The number of carboxylic acids is 1. The zero-order valence-electron chi connectivity index (χ0n) is 30.4. The zero-order valence-corrected chi connectivity index (χ0v) is 30.4. The van der Waals surface area contributed by atoms with Crippen LogP contribution in [0.3, 0.4) is 0 Å². The van der Waals surface area contributed by atoms with Gasteiger partial charge in [0.05, 0.1) is 11.0 Å². The number of hydrogen-bond acceptors (Lipinski definition) is 5. The summed E-state index contributed by atoms with van der Waals surface area (Å²) in [5.41, 5.74) is 7.20. The van der Waals surface area contributed by atoms with Crippen LogP contribution in [-0.2, 0) is 9.63 Å². The second kappa shape index (κ2) is 11.9. The molecule has 4 fully saturated rings. The quantitative estimate of drug-likeness (QED) is 0.168. The van der Waals surface area contributed by atoms with Crippen LogP contribution in [0.15, 0.2) is 42.5 Å². The molecule has 0 radical (unpaired) electrons. The van der Waals surface area contributed by atoms with Gasteiger partial charge in [0, 0.05) is 13.1 Å². The van der Waals surface area contributed by atoms with E-state index in [4.69, 9.17) is 4.84 Å². The summed E-state index contributed by atoms with van der Waals surface area (Å²) in [6, 6.07) is 7.52. The Morgan fingerprint density at radius 3 is 2.28 bits per heavy atom. The SMILES string of the molecule is C=C(C)[C@@H]1CC[C@]2(C(=O)ONCCN(C)C)CC[C@]3(C)C(CCC4[C@@]5(C)CC=C(c6ccc(C(=O)O)cc6)C(C)(C)C5CC[C@]43C)C12. The number of fused-ring (bicyclic) bond motifs is 7. The number of nitrogens with one attached hydrogen (secondary N) is 1. The van der Waals surface area contributed by atoms with Crippen molar-refractivity contribution in [3.8, 4) is 0 Å². The van der Waals surface area contributed by atoms with Crippen molar-refractivity contribution in [2.45, 2.75) is 99.3 Å². The highest BCUT2D eigenvalue weighted by Gasteiger charge is 2.72. The first kappa shape index (κ1) is 34.4. The molecule has 0 amide bonds. The molecule has 4 saturated carbocycles. The third-order valence-corrected chi connectivity index (χ3v) is 15.3. The van der Waals surface area contributed by atoms with E-state index in [0.29, 0.717) is 35.8 Å². The number of carbonyl (C=O) groups is 2. The van der Waals surface area contributed by atoms with Crippen LogP contribution in [0.5, 0.6) is 0 Å². The number of likely N-dealkylation sites (N-methyl/N-ethyl adjacent to an activating group) is 1. The van der Waals surface area contributed by atoms with Gasteiger partial charge in [0.2, 0.25) is 0 Å². The Balaban J connectivity index is 1.31. The molecule has 6 rings (SSSR count). The van der Waals surface area contributed by atoms with E-state index in [1.165, 1.54) is 36.8 Å². The Morgan fingerprint density at radius 1 is 0.936 bits per heavy atom. The molecule has 0 heterocycles. The van der Waals surface area contributed by atoms with Crippen LogP contribution in [0.2, 0.25) is 0 Å². The lowest BCUT2D eigenvalue weighted by atomic mass is 9.32. The van der Waals surface area contributed by atoms with Crippen LogP contribution in [-0.4, -0.2) is 49.1 Å². The third kappa shape index (κ3) is 5.09. The van der Waals surface area contributed by atoms with Gasteiger partial charge < -0.3 is 14.8 Å². The van der Waals surface area contributed by atoms with Crippen LogP contribution in [0, 0.1) is 56.7 Å². The molecule has 258 valence electrons. The molecule has 9 atom stereocenters. The number of nitrogens with zero attached hydrogens (tertiary/aromatic N) is 1.